The Bertz CT molecular complexity index is 547. The highest BCUT2D eigenvalue weighted by Gasteiger charge is 2.21. The van der Waals surface area contributed by atoms with Gasteiger partial charge in [-0.15, -0.1) is 4.36 Å². The summed E-state index contributed by atoms with van der Waals surface area (Å²) in [5.41, 5.74) is 7.31. The van der Waals surface area contributed by atoms with E-state index in [4.69, 9.17) is 10.8 Å². The highest BCUT2D eigenvalue weighted by Crippen LogP contribution is 2.19. The summed E-state index contributed by atoms with van der Waals surface area (Å²) in [6.45, 7) is 1.08. The number of nitrogens with zero attached hydrogens (tertiary/aromatic N) is 2. The third-order valence-corrected chi connectivity index (χ3v) is 4.99. The van der Waals surface area contributed by atoms with Crippen molar-refractivity contribution in [2.45, 2.75) is 0 Å². The molecule has 18 heavy (non-hydrogen) atoms. The minimum Gasteiger partial charge on any atom is -0.463 e. The van der Waals surface area contributed by atoms with Crippen LogP contribution in [0.2, 0.25) is 0 Å². The lowest BCUT2D eigenvalue weighted by Gasteiger charge is -2.30. The number of benzene rings is 1. The highest BCUT2D eigenvalue weighted by atomic mass is 32.2. The second-order valence-electron chi connectivity index (χ2n) is 4.13. The summed E-state index contributed by atoms with van der Waals surface area (Å²) in [7, 11) is -2.58. The van der Waals surface area contributed by atoms with E-state index < -0.39 is 15.8 Å². The first-order valence-electron chi connectivity index (χ1n) is 5.54. The van der Waals surface area contributed by atoms with E-state index in [0.717, 1.165) is 5.69 Å². The third-order valence-electron chi connectivity index (χ3n) is 2.86. The summed E-state index contributed by atoms with van der Waals surface area (Å²) in [5, 5.41) is 8.57. The Morgan fingerprint density at radius 3 is 2.33 bits per heavy atom. The molecule has 0 aliphatic carbocycles. The van der Waals surface area contributed by atoms with E-state index in [9.17, 15) is 9.00 Å². The molecule has 0 aromatic heterocycles. The quantitative estimate of drug-likeness (QED) is 0.748. The highest BCUT2D eigenvalue weighted by molar-refractivity contribution is 7.94. The molecule has 1 aromatic carbocycles. The van der Waals surface area contributed by atoms with Crippen molar-refractivity contribution in [2.24, 2.45) is 4.36 Å². The lowest BCUT2D eigenvalue weighted by atomic mass is 10.2. The second-order valence-corrected chi connectivity index (χ2v) is 6.68. The van der Waals surface area contributed by atoms with Crippen LogP contribution in [0.1, 0.15) is 0 Å². The van der Waals surface area contributed by atoms with Crippen molar-refractivity contribution >= 4 is 27.2 Å². The van der Waals surface area contributed by atoms with Crippen molar-refractivity contribution in [1.29, 1.82) is 0 Å². The molecule has 0 unspecified atom stereocenters. The van der Waals surface area contributed by atoms with Crippen molar-refractivity contribution in [3.05, 3.63) is 24.3 Å². The third kappa shape index (κ3) is 2.92. The fourth-order valence-electron chi connectivity index (χ4n) is 1.90. The van der Waals surface area contributed by atoms with Crippen LogP contribution in [0.15, 0.2) is 28.6 Å². The number of nitrogen functional groups attached to an aromatic ring is 1. The average molecular weight is 269 g/mol. The lowest BCUT2D eigenvalue weighted by molar-refractivity contribution is 0.206. The Morgan fingerprint density at radius 2 is 1.83 bits per heavy atom. The summed E-state index contributed by atoms with van der Waals surface area (Å²) in [4.78, 5) is 12.5. The number of carbonyl (C=O) groups is 1. The average Bonchev–Trinajstić information content (AvgIpc) is 2.30. The number of rotatable bonds is 1. The van der Waals surface area contributed by atoms with Gasteiger partial charge in [-0.1, -0.05) is 0 Å². The maximum atomic E-state index is 12.1. The molecule has 1 fully saturated rings. The van der Waals surface area contributed by atoms with Crippen molar-refractivity contribution in [3.63, 3.8) is 0 Å². The van der Waals surface area contributed by atoms with Gasteiger partial charge < -0.3 is 15.7 Å². The molecule has 1 aromatic rings. The predicted octanol–water partition coefficient (Wildman–Crippen LogP) is 1.23. The standard InChI is InChI=1S/C11H15N3O3S/c12-9-1-3-10(4-2-9)14-5-7-18(17,8-6-14)13-11(15)16/h1-4H,5-8,12H2,(H,15,16). The summed E-state index contributed by atoms with van der Waals surface area (Å²) in [6.07, 6.45) is -1.35. The van der Waals surface area contributed by atoms with Crippen LogP contribution in [-0.4, -0.2) is 40.0 Å². The van der Waals surface area contributed by atoms with E-state index in [1.165, 1.54) is 0 Å². The van der Waals surface area contributed by atoms with Gasteiger partial charge in [-0.05, 0) is 24.3 Å². The van der Waals surface area contributed by atoms with E-state index >= 15 is 0 Å². The van der Waals surface area contributed by atoms with Gasteiger partial charge in [0, 0.05) is 36.0 Å². The lowest BCUT2D eigenvalue weighted by Crippen LogP contribution is -2.40. The molecule has 1 heterocycles. The molecule has 1 aliphatic rings. The van der Waals surface area contributed by atoms with Crippen LogP contribution in [-0.2, 0) is 9.73 Å². The van der Waals surface area contributed by atoms with Crippen LogP contribution in [0, 0.1) is 0 Å². The molecule has 0 atom stereocenters. The zero-order valence-corrected chi connectivity index (χ0v) is 10.6. The van der Waals surface area contributed by atoms with Gasteiger partial charge in [0.05, 0.1) is 9.73 Å². The number of hydrogen-bond acceptors (Lipinski definition) is 4. The van der Waals surface area contributed by atoms with Gasteiger partial charge in [-0.3, -0.25) is 0 Å². The van der Waals surface area contributed by atoms with Crippen LogP contribution in [0.5, 0.6) is 0 Å². The van der Waals surface area contributed by atoms with Crippen LogP contribution < -0.4 is 10.6 Å². The van der Waals surface area contributed by atoms with Crippen LogP contribution in [0.4, 0.5) is 16.2 Å². The van der Waals surface area contributed by atoms with Crippen molar-refractivity contribution in [1.82, 2.24) is 0 Å². The first kappa shape index (κ1) is 12.7. The molecule has 0 saturated carbocycles. The summed E-state index contributed by atoms with van der Waals surface area (Å²) >= 11 is 0. The molecule has 6 nitrogen and oxygen atoms in total. The maximum absolute atomic E-state index is 12.1. The first-order chi connectivity index (χ1) is 8.48. The second kappa shape index (κ2) is 4.85. The van der Waals surface area contributed by atoms with Gasteiger partial charge in [0.25, 0.3) is 0 Å². The SMILES string of the molecule is Nc1ccc(N2CCS(=O)(=NC(=O)O)CC2)cc1. The summed E-state index contributed by atoms with van der Waals surface area (Å²) < 4.78 is 15.4. The zero-order valence-electron chi connectivity index (χ0n) is 9.78. The Morgan fingerprint density at radius 1 is 1.28 bits per heavy atom. The molecule has 98 valence electrons. The maximum Gasteiger partial charge on any atom is 0.439 e. The van der Waals surface area contributed by atoms with Gasteiger partial charge in [0.2, 0.25) is 0 Å². The smallest absolute Gasteiger partial charge is 0.439 e. The fraction of sp³-hybridized carbons (Fsp3) is 0.364. The van der Waals surface area contributed by atoms with Crippen molar-refractivity contribution < 1.29 is 14.1 Å². The largest absolute Gasteiger partial charge is 0.463 e. The number of anilines is 2. The molecular formula is C11H15N3O3S. The first-order valence-corrected chi connectivity index (χ1v) is 7.40. The van der Waals surface area contributed by atoms with Gasteiger partial charge in [-0.2, -0.15) is 0 Å². The van der Waals surface area contributed by atoms with Gasteiger partial charge in [0.15, 0.2) is 0 Å². The Kier molecular flexibility index (Phi) is 3.42. The van der Waals surface area contributed by atoms with Gasteiger partial charge in [-0.25, -0.2) is 9.00 Å². The van der Waals surface area contributed by atoms with E-state index in [1.54, 1.807) is 0 Å². The molecule has 2 rings (SSSR count). The predicted molar refractivity (Wildman–Crippen MR) is 71.4 cm³/mol. The molecule has 0 radical (unpaired) electrons. The molecular weight excluding hydrogens is 254 g/mol. The molecule has 7 heteroatoms. The monoisotopic (exact) mass is 269 g/mol. The Hall–Kier alpha value is -1.76. The Balaban J connectivity index is 2.09. The number of carboxylic acid groups (broad SMARTS) is 1. The van der Waals surface area contributed by atoms with E-state index in [-0.39, 0.29) is 11.5 Å². The molecule has 0 spiro atoms. The number of amides is 1. The number of nitrogens with two attached hydrogens (primary N) is 1. The number of hydrogen-bond donors (Lipinski definition) is 2. The molecule has 3 N–H and O–H groups in total. The van der Waals surface area contributed by atoms with E-state index in [2.05, 4.69) is 9.26 Å². The molecule has 1 saturated heterocycles. The van der Waals surface area contributed by atoms with Crippen LogP contribution >= 0.6 is 0 Å². The summed E-state index contributed by atoms with van der Waals surface area (Å²) in [5.74, 6) is 0.563. The normalized spacial score (nSPS) is 18.3. The van der Waals surface area contributed by atoms with Crippen LogP contribution in [0.25, 0.3) is 0 Å². The Labute approximate surface area is 106 Å². The van der Waals surface area contributed by atoms with E-state index in [0.29, 0.717) is 18.8 Å². The van der Waals surface area contributed by atoms with E-state index in [1.807, 2.05) is 24.3 Å². The summed E-state index contributed by atoms with van der Waals surface area (Å²) in [6, 6.07) is 7.42. The van der Waals surface area contributed by atoms with Gasteiger partial charge in [0.1, 0.15) is 0 Å². The molecule has 1 aliphatic heterocycles. The van der Waals surface area contributed by atoms with Crippen molar-refractivity contribution in [2.75, 3.05) is 35.2 Å². The molecule has 1 amide bonds. The minimum atomic E-state index is -2.58. The van der Waals surface area contributed by atoms with Crippen molar-refractivity contribution in [3.8, 4) is 0 Å². The van der Waals surface area contributed by atoms with Gasteiger partial charge >= 0.3 is 6.09 Å². The topological polar surface area (TPSA) is 96.0 Å². The van der Waals surface area contributed by atoms with Crippen LogP contribution in [0.3, 0.4) is 0 Å². The minimum absolute atomic E-state index is 0.281. The fourth-order valence-corrected chi connectivity index (χ4v) is 3.58. The molecule has 0 bridgehead atoms. The zero-order chi connectivity index (χ0) is 13.2.